The van der Waals surface area contributed by atoms with E-state index in [-0.39, 0.29) is 36.5 Å². The van der Waals surface area contributed by atoms with Crippen LogP contribution in [-0.2, 0) is 9.59 Å². The van der Waals surface area contributed by atoms with Gasteiger partial charge in [0.15, 0.2) is 5.78 Å². The van der Waals surface area contributed by atoms with Crippen LogP contribution in [-0.4, -0.2) is 58.3 Å². The summed E-state index contributed by atoms with van der Waals surface area (Å²) in [5, 5.41) is 21.2. The minimum Gasteiger partial charge on any atom is -0.426 e. The largest absolute Gasteiger partial charge is 0.475 e. The number of amides is 1. The second-order valence-corrected chi connectivity index (χ2v) is 6.96. The highest BCUT2D eigenvalue weighted by Gasteiger charge is 2.42. The lowest BCUT2D eigenvalue weighted by atomic mass is 9.75. The Hall–Kier alpha value is -0.915. The van der Waals surface area contributed by atoms with Gasteiger partial charge in [0, 0.05) is 25.4 Å². The topological polar surface area (TPSA) is 89.9 Å². The molecule has 0 bridgehead atoms. The molecule has 0 radical (unpaired) electrons. The van der Waals surface area contributed by atoms with Crippen molar-refractivity contribution in [1.29, 1.82) is 0 Å². The van der Waals surface area contributed by atoms with Crippen molar-refractivity contribution in [2.24, 2.45) is 5.92 Å². The predicted molar refractivity (Wildman–Crippen MR) is 84.0 cm³/mol. The number of carbonyl (C=O) groups is 2. The Kier molecular flexibility index (Phi) is 6.00. The molecule has 124 valence electrons. The molecule has 1 amide bonds. The van der Waals surface area contributed by atoms with Gasteiger partial charge in [-0.2, -0.15) is 0 Å². The third-order valence-electron chi connectivity index (χ3n) is 4.48. The monoisotopic (exact) mass is 310 g/mol. The normalized spacial score (nSPS) is 23.0. The van der Waals surface area contributed by atoms with Crippen molar-refractivity contribution < 1.29 is 19.6 Å². The van der Waals surface area contributed by atoms with Crippen LogP contribution in [0, 0.1) is 5.92 Å². The summed E-state index contributed by atoms with van der Waals surface area (Å²) in [4.78, 5) is 26.3. The van der Waals surface area contributed by atoms with Crippen LogP contribution in [0.4, 0.5) is 0 Å². The molecule has 1 saturated carbocycles. The van der Waals surface area contributed by atoms with Gasteiger partial charge < -0.3 is 15.4 Å². The van der Waals surface area contributed by atoms with Crippen molar-refractivity contribution in [3.63, 3.8) is 0 Å². The average Bonchev–Trinajstić information content (AvgIpc) is 3.18. The zero-order valence-electron chi connectivity index (χ0n) is 13.5. The molecule has 22 heavy (non-hydrogen) atoms. The van der Waals surface area contributed by atoms with Gasteiger partial charge in [-0.1, -0.05) is 13.8 Å². The van der Waals surface area contributed by atoms with Gasteiger partial charge in [-0.3, -0.25) is 14.5 Å². The highest BCUT2D eigenvalue weighted by molar-refractivity contribution is 6.43. The minimum atomic E-state index is -1.57. The first-order chi connectivity index (χ1) is 10.4. The summed E-state index contributed by atoms with van der Waals surface area (Å²) in [6.07, 6.45) is 4.13. The fourth-order valence-electron chi connectivity index (χ4n) is 3.04. The number of ketones is 1. The van der Waals surface area contributed by atoms with E-state index in [0.29, 0.717) is 12.5 Å². The van der Waals surface area contributed by atoms with Crippen molar-refractivity contribution in [3.05, 3.63) is 0 Å². The molecule has 2 fully saturated rings. The summed E-state index contributed by atoms with van der Waals surface area (Å²) < 4.78 is 0. The maximum absolute atomic E-state index is 12.1. The molecule has 0 spiro atoms. The number of Topliss-reactive ketones (excluding diaryl/α,β-unsaturated/α-hetero) is 1. The van der Waals surface area contributed by atoms with Crippen LogP contribution in [0.25, 0.3) is 0 Å². The number of rotatable bonds is 9. The van der Waals surface area contributed by atoms with Crippen LogP contribution >= 0.6 is 0 Å². The second kappa shape index (κ2) is 7.57. The van der Waals surface area contributed by atoms with E-state index in [1.165, 1.54) is 12.8 Å². The smallest absolute Gasteiger partial charge is 0.426 e. The first-order valence-corrected chi connectivity index (χ1v) is 8.32. The molecule has 1 heterocycles. The van der Waals surface area contributed by atoms with Gasteiger partial charge in [-0.15, -0.1) is 0 Å². The first kappa shape index (κ1) is 17.4. The molecule has 0 aromatic carbocycles. The molecule has 3 N–H and O–H groups in total. The van der Waals surface area contributed by atoms with E-state index in [0.717, 1.165) is 13.0 Å². The molecule has 6 nitrogen and oxygen atoms in total. The van der Waals surface area contributed by atoms with Crippen molar-refractivity contribution in [2.45, 2.75) is 70.4 Å². The Labute approximate surface area is 132 Å². The summed E-state index contributed by atoms with van der Waals surface area (Å²) in [6.45, 7) is 4.91. The quantitative estimate of drug-likeness (QED) is 0.526. The fraction of sp³-hybridized carbons (Fsp3) is 0.867. The molecule has 0 unspecified atom stereocenters. The van der Waals surface area contributed by atoms with E-state index >= 15 is 0 Å². The zero-order chi connectivity index (χ0) is 16.3. The van der Waals surface area contributed by atoms with Crippen LogP contribution in [0.5, 0.6) is 0 Å². The van der Waals surface area contributed by atoms with Crippen LogP contribution in [0.1, 0.15) is 52.4 Å². The lowest BCUT2D eigenvalue weighted by Gasteiger charge is -2.40. The summed E-state index contributed by atoms with van der Waals surface area (Å²) in [5.41, 5.74) is 0. The van der Waals surface area contributed by atoms with Crippen LogP contribution in [0.15, 0.2) is 0 Å². The van der Waals surface area contributed by atoms with Gasteiger partial charge in [-0.25, -0.2) is 0 Å². The van der Waals surface area contributed by atoms with Gasteiger partial charge in [0.2, 0.25) is 5.91 Å². The van der Waals surface area contributed by atoms with E-state index in [1.54, 1.807) is 0 Å². The average molecular weight is 310 g/mol. The lowest BCUT2D eigenvalue weighted by Crippen LogP contribution is -2.53. The van der Waals surface area contributed by atoms with E-state index < -0.39 is 13.1 Å². The Morgan fingerprint density at radius 2 is 1.91 bits per heavy atom. The van der Waals surface area contributed by atoms with E-state index in [2.05, 4.69) is 10.2 Å². The summed E-state index contributed by atoms with van der Waals surface area (Å²) in [6, 6.07) is 0.603. The third kappa shape index (κ3) is 4.79. The first-order valence-electron chi connectivity index (χ1n) is 8.32. The Bertz CT molecular complexity index is 412. The second-order valence-electron chi connectivity index (χ2n) is 6.96. The Morgan fingerprint density at radius 1 is 1.23 bits per heavy atom. The highest BCUT2D eigenvalue weighted by atomic mass is 16.4. The number of hydrogen-bond acceptors (Lipinski definition) is 5. The highest BCUT2D eigenvalue weighted by Crippen LogP contribution is 2.35. The lowest BCUT2D eigenvalue weighted by molar-refractivity contribution is -0.131. The predicted octanol–water partition coefficient (Wildman–Crippen LogP) is 0.115. The SMILES string of the molecule is CC(C)C[C@H](NC(=O)CCC(=O)[C@@H]1CCN1C1CC1)B(O)O. The molecule has 1 aliphatic carbocycles. The van der Waals surface area contributed by atoms with E-state index in [9.17, 15) is 19.6 Å². The van der Waals surface area contributed by atoms with E-state index in [4.69, 9.17) is 0 Å². The van der Waals surface area contributed by atoms with Crippen LogP contribution in [0.3, 0.4) is 0 Å². The third-order valence-corrected chi connectivity index (χ3v) is 4.48. The fourth-order valence-corrected chi connectivity index (χ4v) is 3.04. The molecule has 1 saturated heterocycles. The molecule has 0 aromatic rings. The van der Waals surface area contributed by atoms with Gasteiger partial charge in [0.1, 0.15) is 0 Å². The maximum Gasteiger partial charge on any atom is 0.475 e. The summed E-state index contributed by atoms with van der Waals surface area (Å²) in [7, 11) is -1.57. The van der Waals surface area contributed by atoms with Crippen LogP contribution in [0.2, 0.25) is 0 Å². The van der Waals surface area contributed by atoms with Gasteiger partial charge >= 0.3 is 7.12 Å². The molecular formula is C15H27BN2O4. The van der Waals surface area contributed by atoms with Gasteiger partial charge in [0.25, 0.3) is 0 Å². The number of carbonyl (C=O) groups excluding carboxylic acids is 2. The van der Waals surface area contributed by atoms with Crippen LogP contribution < -0.4 is 5.32 Å². The standard InChI is InChI=1S/C15H27BN2O4/c1-10(2)9-14(16(21)22)17-15(20)6-5-13(19)12-7-8-18(12)11-3-4-11/h10-12,14,21-22H,3-9H2,1-2H3,(H,17,20)/t12-,14-/m0/s1. The summed E-state index contributed by atoms with van der Waals surface area (Å²) >= 11 is 0. The van der Waals surface area contributed by atoms with E-state index in [1.807, 2.05) is 13.8 Å². The molecule has 2 rings (SSSR count). The molecule has 2 aliphatic rings. The molecule has 2 atom stereocenters. The molecular weight excluding hydrogens is 283 g/mol. The molecule has 0 aromatic heterocycles. The van der Waals surface area contributed by atoms with Crippen molar-refractivity contribution in [3.8, 4) is 0 Å². The minimum absolute atomic E-state index is 0.00944. The van der Waals surface area contributed by atoms with Gasteiger partial charge in [-0.05, 0) is 31.6 Å². The maximum atomic E-state index is 12.1. The number of nitrogens with zero attached hydrogens (tertiary/aromatic N) is 1. The number of nitrogens with one attached hydrogen (secondary N) is 1. The van der Waals surface area contributed by atoms with Crippen molar-refractivity contribution >= 4 is 18.8 Å². The Balaban J connectivity index is 1.71. The van der Waals surface area contributed by atoms with Crippen molar-refractivity contribution in [2.75, 3.05) is 6.54 Å². The molecule has 1 aliphatic heterocycles. The zero-order valence-corrected chi connectivity index (χ0v) is 13.5. The van der Waals surface area contributed by atoms with Crippen molar-refractivity contribution in [1.82, 2.24) is 10.2 Å². The Morgan fingerprint density at radius 3 is 2.36 bits per heavy atom. The molecule has 7 heteroatoms. The number of likely N-dealkylation sites (tertiary alicyclic amines) is 1. The van der Waals surface area contributed by atoms with Gasteiger partial charge in [0.05, 0.1) is 12.0 Å². The summed E-state index contributed by atoms with van der Waals surface area (Å²) in [5.74, 6) is -0.576. The number of hydrogen-bond donors (Lipinski definition) is 3.